The number of amides is 1. The number of nitrogens with zero attached hydrogens (tertiary/aromatic N) is 2. The van der Waals surface area contributed by atoms with Crippen molar-refractivity contribution in [2.24, 2.45) is 5.92 Å². The van der Waals surface area contributed by atoms with Gasteiger partial charge in [-0.3, -0.25) is 19.1 Å². The first-order chi connectivity index (χ1) is 12.5. The van der Waals surface area contributed by atoms with Crippen LogP contribution in [-0.4, -0.2) is 46.0 Å². The number of rotatable bonds is 5. The molecule has 1 aromatic rings. The van der Waals surface area contributed by atoms with Crippen molar-refractivity contribution in [3.63, 3.8) is 0 Å². The predicted molar refractivity (Wildman–Crippen MR) is 100 cm³/mol. The van der Waals surface area contributed by atoms with Crippen LogP contribution in [0.4, 0.5) is 0 Å². The number of hydrogen-bond donors (Lipinski definition) is 2. The minimum atomic E-state index is -0.543. The molecule has 144 valence electrons. The lowest BCUT2D eigenvalue weighted by molar-refractivity contribution is -0.122. The first-order valence-electron chi connectivity index (χ1n) is 9.83. The lowest BCUT2D eigenvalue weighted by Crippen LogP contribution is -2.50. The Morgan fingerprint density at radius 1 is 1.19 bits per heavy atom. The van der Waals surface area contributed by atoms with Crippen LogP contribution in [0, 0.1) is 12.8 Å². The summed E-state index contributed by atoms with van der Waals surface area (Å²) in [5.41, 5.74) is -0.524. The lowest BCUT2D eigenvalue weighted by Gasteiger charge is -2.36. The summed E-state index contributed by atoms with van der Waals surface area (Å²) in [6.45, 7) is 4.71. The molecule has 0 radical (unpaired) electrons. The number of piperidine rings is 1. The predicted octanol–water partition coefficient (Wildman–Crippen LogP) is 1.01. The summed E-state index contributed by atoms with van der Waals surface area (Å²) < 4.78 is 1.26. The molecule has 3 rings (SSSR count). The molecule has 2 fully saturated rings. The molecule has 0 unspecified atom stereocenters. The fourth-order valence-corrected chi connectivity index (χ4v) is 4.24. The summed E-state index contributed by atoms with van der Waals surface area (Å²) in [6.07, 6.45) is 10.3. The minimum Gasteiger partial charge on any atom is -0.351 e. The topological polar surface area (TPSA) is 87.2 Å². The number of hydrogen-bond acceptors (Lipinski definition) is 4. The van der Waals surface area contributed by atoms with Gasteiger partial charge < -0.3 is 10.2 Å². The zero-order chi connectivity index (χ0) is 18.5. The number of H-pyrrole nitrogens is 1. The second kappa shape index (κ2) is 8.66. The third-order valence-electron chi connectivity index (χ3n) is 5.61. The van der Waals surface area contributed by atoms with Crippen LogP contribution in [0.3, 0.4) is 0 Å². The number of aromatic amines is 1. The van der Waals surface area contributed by atoms with Crippen molar-refractivity contribution in [3.8, 4) is 0 Å². The van der Waals surface area contributed by atoms with E-state index in [0.29, 0.717) is 5.56 Å². The van der Waals surface area contributed by atoms with Crippen LogP contribution < -0.4 is 16.6 Å². The molecule has 1 aliphatic carbocycles. The number of nitrogens with one attached hydrogen (secondary N) is 2. The van der Waals surface area contributed by atoms with Gasteiger partial charge in [-0.05, 0) is 45.1 Å². The van der Waals surface area contributed by atoms with Crippen molar-refractivity contribution in [1.29, 1.82) is 0 Å². The highest BCUT2D eigenvalue weighted by atomic mass is 16.2. The summed E-state index contributed by atoms with van der Waals surface area (Å²) >= 11 is 0. The molecule has 7 heteroatoms. The highest BCUT2D eigenvalue weighted by molar-refractivity contribution is 5.76. The van der Waals surface area contributed by atoms with E-state index in [2.05, 4.69) is 15.2 Å². The van der Waals surface area contributed by atoms with Crippen molar-refractivity contribution >= 4 is 5.91 Å². The van der Waals surface area contributed by atoms with Gasteiger partial charge in [0, 0.05) is 30.9 Å². The number of carbonyl (C=O) groups is 1. The third-order valence-corrected chi connectivity index (χ3v) is 5.61. The molecule has 1 saturated carbocycles. The van der Waals surface area contributed by atoms with Gasteiger partial charge in [0.05, 0.1) is 0 Å². The summed E-state index contributed by atoms with van der Waals surface area (Å²) in [7, 11) is 0. The number of likely N-dealkylation sites (tertiary alicyclic amines) is 1. The lowest BCUT2D eigenvalue weighted by atomic mass is 9.88. The second-order valence-corrected chi connectivity index (χ2v) is 7.87. The molecule has 1 atom stereocenters. The third kappa shape index (κ3) is 5.06. The van der Waals surface area contributed by atoms with Crippen LogP contribution in [0.25, 0.3) is 0 Å². The van der Waals surface area contributed by atoms with Crippen LogP contribution >= 0.6 is 0 Å². The second-order valence-electron chi connectivity index (χ2n) is 7.87. The van der Waals surface area contributed by atoms with Gasteiger partial charge in [0.2, 0.25) is 5.91 Å². The molecule has 7 nitrogen and oxygen atoms in total. The van der Waals surface area contributed by atoms with E-state index in [0.717, 1.165) is 38.4 Å². The number of aromatic nitrogens is 2. The zero-order valence-corrected chi connectivity index (χ0v) is 15.6. The Morgan fingerprint density at radius 3 is 2.73 bits per heavy atom. The molecule has 0 spiro atoms. The maximum Gasteiger partial charge on any atom is 0.328 e. The van der Waals surface area contributed by atoms with Crippen LogP contribution in [0.1, 0.15) is 50.5 Å². The van der Waals surface area contributed by atoms with E-state index < -0.39 is 11.2 Å². The van der Waals surface area contributed by atoms with E-state index in [4.69, 9.17) is 0 Å². The molecule has 1 saturated heterocycles. The van der Waals surface area contributed by atoms with E-state index in [1.807, 2.05) is 0 Å². The van der Waals surface area contributed by atoms with Crippen LogP contribution in [0.2, 0.25) is 0 Å². The molecule has 1 aromatic heterocycles. The Morgan fingerprint density at radius 2 is 1.96 bits per heavy atom. The van der Waals surface area contributed by atoms with Gasteiger partial charge in [-0.15, -0.1) is 0 Å². The SMILES string of the molecule is Cc1cn(CC(=O)N[C@H]2CCCN(CC3CCCCC3)C2)c(=O)[nH]c1=O. The highest BCUT2D eigenvalue weighted by Crippen LogP contribution is 2.25. The molecule has 0 bridgehead atoms. The zero-order valence-electron chi connectivity index (χ0n) is 15.6. The summed E-state index contributed by atoms with van der Waals surface area (Å²) in [5, 5.41) is 3.06. The monoisotopic (exact) mass is 362 g/mol. The van der Waals surface area contributed by atoms with Crippen LogP contribution in [-0.2, 0) is 11.3 Å². The van der Waals surface area contributed by atoms with Crippen molar-refractivity contribution < 1.29 is 4.79 Å². The van der Waals surface area contributed by atoms with Gasteiger partial charge in [0.1, 0.15) is 6.54 Å². The minimum absolute atomic E-state index is 0.0599. The number of aryl methyl sites for hydroxylation is 1. The largest absolute Gasteiger partial charge is 0.351 e. The fourth-order valence-electron chi connectivity index (χ4n) is 4.24. The van der Waals surface area contributed by atoms with Crippen LogP contribution in [0.15, 0.2) is 15.8 Å². The Balaban J connectivity index is 1.51. The Labute approximate surface area is 153 Å². The maximum atomic E-state index is 12.3. The van der Waals surface area contributed by atoms with E-state index >= 15 is 0 Å². The van der Waals surface area contributed by atoms with Gasteiger partial charge in [0.15, 0.2) is 0 Å². The van der Waals surface area contributed by atoms with Crippen molar-refractivity contribution in [2.75, 3.05) is 19.6 Å². The van der Waals surface area contributed by atoms with E-state index in [1.165, 1.54) is 42.9 Å². The maximum absolute atomic E-state index is 12.3. The number of carbonyl (C=O) groups excluding carboxylic acids is 1. The van der Waals surface area contributed by atoms with Gasteiger partial charge in [-0.1, -0.05) is 19.3 Å². The first-order valence-corrected chi connectivity index (χ1v) is 9.83. The van der Waals surface area contributed by atoms with E-state index in [1.54, 1.807) is 6.92 Å². The Kier molecular flexibility index (Phi) is 6.29. The fraction of sp³-hybridized carbons (Fsp3) is 0.737. The molecule has 26 heavy (non-hydrogen) atoms. The normalized spacial score (nSPS) is 22.3. The van der Waals surface area contributed by atoms with Crippen LogP contribution in [0.5, 0.6) is 0 Å². The summed E-state index contributed by atoms with van der Waals surface area (Å²) in [5.74, 6) is 0.629. The molecular weight excluding hydrogens is 332 g/mol. The molecule has 1 amide bonds. The van der Waals surface area contributed by atoms with Crippen molar-refractivity contribution in [2.45, 2.75) is 64.5 Å². The molecule has 2 heterocycles. The van der Waals surface area contributed by atoms with E-state index in [-0.39, 0.29) is 18.5 Å². The van der Waals surface area contributed by atoms with Gasteiger partial charge in [-0.2, -0.15) is 0 Å². The Bertz CT molecular complexity index is 733. The molecule has 0 aromatic carbocycles. The van der Waals surface area contributed by atoms with Gasteiger partial charge in [-0.25, -0.2) is 4.79 Å². The van der Waals surface area contributed by atoms with Gasteiger partial charge >= 0.3 is 5.69 Å². The van der Waals surface area contributed by atoms with Crippen molar-refractivity contribution in [3.05, 3.63) is 32.6 Å². The molecule has 2 aliphatic rings. The quantitative estimate of drug-likeness (QED) is 0.818. The highest BCUT2D eigenvalue weighted by Gasteiger charge is 2.24. The molecule has 1 aliphatic heterocycles. The van der Waals surface area contributed by atoms with E-state index in [9.17, 15) is 14.4 Å². The van der Waals surface area contributed by atoms with Crippen molar-refractivity contribution in [1.82, 2.24) is 19.8 Å². The summed E-state index contributed by atoms with van der Waals surface area (Å²) in [4.78, 5) is 40.3. The molecule has 2 N–H and O–H groups in total. The van der Waals surface area contributed by atoms with Gasteiger partial charge in [0.25, 0.3) is 5.56 Å². The standard InChI is InChI=1S/C19H30N4O3/c1-14-10-23(19(26)21-18(14)25)13-17(24)20-16-8-5-9-22(12-16)11-15-6-3-2-4-7-15/h10,15-16H,2-9,11-13H2,1H3,(H,20,24)(H,21,25,26)/t16-/m0/s1. The first kappa shape index (κ1) is 18.9. The summed E-state index contributed by atoms with van der Waals surface area (Å²) in [6, 6.07) is 0.138. The Hall–Kier alpha value is -1.89. The average Bonchev–Trinajstić information content (AvgIpc) is 2.61. The smallest absolute Gasteiger partial charge is 0.328 e. The molecular formula is C19H30N4O3. The average molecular weight is 362 g/mol.